The third-order valence-electron chi connectivity index (χ3n) is 4.40. The molecule has 2 aromatic carbocycles. The van der Waals surface area contributed by atoms with Crippen LogP contribution in [0.4, 0.5) is 10.5 Å². The van der Waals surface area contributed by atoms with Crippen molar-refractivity contribution in [1.82, 2.24) is 10.2 Å². The van der Waals surface area contributed by atoms with Crippen LogP contribution in [-0.4, -0.2) is 29.3 Å². The molecule has 0 bridgehead atoms. The molecule has 2 aromatic rings. The largest absolute Gasteiger partial charge is 0.325 e. The van der Waals surface area contributed by atoms with Crippen LogP contribution < -0.4 is 10.6 Å². The molecule has 0 radical (unpaired) electrons. The molecule has 26 heavy (non-hydrogen) atoms. The van der Waals surface area contributed by atoms with Crippen LogP contribution >= 0.6 is 15.9 Å². The van der Waals surface area contributed by atoms with Gasteiger partial charge in [-0.15, -0.1) is 0 Å². The van der Waals surface area contributed by atoms with Crippen molar-refractivity contribution < 1.29 is 14.4 Å². The number of hydrogen-bond acceptors (Lipinski definition) is 3. The summed E-state index contributed by atoms with van der Waals surface area (Å²) < 4.78 is 0.800. The molecule has 1 atom stereocenters. The third-order valence-corrected chi connectivity index (χ3v) is 4.89. The minimum atomic E-state index is -1.20. The number of rotatable bonds is 4. The Hall–Kier alpha value is -2.67. The number of aryl methyl sites for hydroxylation is 1. The SMILES string of the molecule is Cc1ccccc1NC(=O)CN1C(=O)NC(C)(c2cccc(Br)c2)C1=O. The van der Waals surface area contributed by atoms with Crippen LogP contribution in [0.2, 0.25) is 0 Å². The smallest absolute Gasteiger partial charge is 0.324 e. The van der Waals surface area contributed by atoms with Crippen LogP contribution in [0.1, 0.15) is 18.1 Å². The van der Waals surface area contributed by atoms with E-state index in [1.165, 1.54) is 0 Å². The molecule has 1 saturated heterocycles. The fourth-order valence-electron chi connectivity index (χ4n) is 2.88. The van der Waals surface area contributed by atoms with Gasteiger partial charge in [0.2, 0.25) is 5.91 Å². The van der Waals surface area contributed by atoms with Crippen LogP contribution in [0.5, 0.6) is 0 Å². The molecule has 0 aromatic heterocycles. The minimum Gasteiger partial charge on any atom is -0.324 e. The number of carbonyl (C=O) groups is 3. The number of anilines is 1. The quantitative estimate of drug-likeness (QED) is 0.752. The molecule has 4 amide bonds. The van der Waals surface area contributed by atoms with Crippen molar-refractivity contribution in [2.75, 3.05) is 11.9 Å². The lowest BCUT2D eigenvalue weighted by Gasteiger charge is -2.22. The highest BCUT2D eigenvalue weighted by Gasteiger charge is 2.49. The monoisotopic (exact) mass is 415 g/mol. The summed E-state index contributed by atoms with van der Waals surface area (Å²) in [6, 6.07) is 13.9. The summed E-state index contributed by atoms with van der Waals surface area (Å²) in [6.07, 6.45) is 0. The molecule has 1 fully saturated rings. The molecule has 134 valence electrons. The number of imide groups is 1. The first-order valence-corrected chi connectivity index (χ1v) is 8.86. The van der Waals surface area contributed by atoms with Gasteiger partial charge >= 0.3 is 6.03 Å². The van der Waals surface area contributed by atoms with Gasteiger partial charge in [-0.1, -0.05) is 46.3 Å². The van der Waals surface area contributed by atoms with E-state index in [9.17, 15) is 14.4 Å². The van der Waals surface area contributed by atoms with Gasteiger partial charge in [-0.25, -0.2) is 4.79 Å². The van der Waals surface area contributed by atoms with E-state index in [1.54, 1.807) is 37.3 Å². The lowest BCUT2D eigenvalue weighted by atomic mass is 9.92. The molecule has 1 unspecified atom stereocenters. The molecular weight excluding hydrogens is 398 g/mol. The Bertz CT molecular complexity index is 899. The van der Waals surface area contributed by atoms with Gasteiger partial charge in [0, 0.05) is 10.2 Å². The van der Waals surface area contributed by atoms with Gasteiger partial charge in [0.15, 0.2) is 0 Å². The maximum Gasteiger partial charge on any atom is 0.325 e. The normalized spacial score (nSPS) is 19.4. The molecule has 0 spiro atoms. The van der Waals surface area contributed by atoms with E-state index < -0.39 is 23.4 Å². The molecule has 3 rings (SSSR count). The number of nitrogens with one attached hydrogen (secondary N) is 2. The van der Waals surface area contributed by atoms with Crippen molar-refractivity contribution in [2.45, 2.75) is 19.4 Å². The molecule has 0 aliphatic carbocycles. The molecule has 6 nitrogen and oxygen atoms in total. The fourth-order valence-corrected chi connectivity index (χ4v) is 3.28. The highest BCUT2D eigenvalue weighted by atomic mass is 79.9. The summed E-state index contributed by atoms with van der Waals surface area (Å²) in [5.74, 6) is -0.887. The lowest BCUT2D eigenvalue weighted by Crippen LogP contribution is -2.42. The highest BCUT2D eigenvalue weighted by Crippen LogP contribution is 2.30. The Morgan fingerprint density at radius 3 is 2.62 bits per heavy atom. The second kappa shape index (κ2) is 6.92. The number of nitrogens with zero attached hydrogens (tertiary/aromatic N) is 1. The molecule has 0 saturated carbocycles. The van der Waals surface area contributed by atoms with Gasteiger partial charge in [-0.2, -0.15) is 0 Å². The van der Waals surface area contributed by atoms with Crippen LogP contribution in [0, 0.1) is 6.92 Å². The number of hydrogen-bond donors (Lipinski definition) is 2. The zero-order valence-corrected chi connectivity index (χ0v) is 16.0. The van der Waals surface area contributed by atoms with Crippen molar-refractivity contribution in [3.63, 3.8) is 0 Å². The first-order chi connectivity index (χ1) is 12.3. The molecular formula is C19H18BrN3O3. The topological polar surface area (TPSA) is 78.5 Å². The second-order valence-electron chi connectivity index (χ2n) is 6.32. The standard InChI is InChI=1S/C19H18BrN3O3/c1-12-6-3-4-9-15(12)21-16(24)11-23-17(25)19(2,22-18(23)26)13-7-5-8-14(20)10-13/h3-10H,11H2,1-2H3,(H,21,24)(H,22,26). The predicted octanol–water partition coefficient (Wildman–Crippen LogP) is 3.16. The maximum absolute atomic E-state index is 12.9. The van der Waals surface area contributed by atoms with Gasteiger partial charge in [0.05, 0.1) is 0 Å². The molecule has 7 heteroatoms. The van der Waals surface area contributed by atoms with Gasteiger partial charge in [-0.3, -0.25) is 14.5 Å². The molecule has 2 N–H and O–H groups in total. The van der Waals surface area contributed by atoms with Crippen molar-refractivity contribution in [1.29, 1.82) is 0 Å². The number of halogens is 1. The van der Waals surface area contributed by atoms with Crippen molar-refractivity contribution in [3.8, 4) is 0 Å². The van der Waals surface area contributed by atoms with E-state index >= 15 is 0 Å². The van der Waals surface area contributed by atoms with E-state index in [0.29, 0.717) is 11.3 Å². The number of para-hydroxylation sites is 1. The van der Waals surface area contributed by atoms with E-state index in [0.717, 1.165) is 14.9 Å². The fraction of sp³-hybridized carbons (Fsp3) is 0.211. The summed E-state index contributed by atoms with van der Waals surface area (Å²) in [4.78, 5) is 38.4. The van der Waals surface area contributed by atoms with Gasteiger partial charge in [0.25, 0.3) is 5.91 Å². The summed E-state index contributed by atoms with van der Waals surface area (Å²) >= 11 is 3.37. The average Bonchev–Trinajstić information content (AvgIpc) is 2.81. The third kappa shape index (κ3) is 3.35. The molecule has 1 aliphatic heterocycles. The van der Waals surface area contributed by atoms with Crippen LogP contribution in [0.25, 0.3) is 0 Å². The Labute approximate surface area is 159 Å². The summed E-state index contributed by atoms with van der Waals surface area (Å²) in [5.41, 5.74) is 0.993. The Balaban J connectivity index is 1.77. The minimum absolute atomic E-state index is 0.345. The van der Waals surface area contributed by atoms with E-state index in [4.69, 9.17) is 0 Å². The van der Waals surface area contributed by atoms with E-state index in [2.05, 4.69) is 26.6 Å². The number of urea groups is 1. The van der Waals surface area contributed by atoms with E-state index in [1.807, 2.05) is 25.1 Å². The van der Waals surface area contributed by atoms with E-state index in [-0.39, 0.29) is 6.54 Å². The Morgan fingerprint density at radius 2 is 1.92 bits per heavy atom. The number of benzene rings is 2. The van der Waals surface area contributed by atoms with Crippen molar-refractivity contribution >= 4 is 39.5 Å². The maximum atomic E-state index is 12.9. The first kappa shape index (κ1) is 18.1. The highest BCUT2D eigenvalue weighted by molar-refractivity contribution is 9.10. The summed E-state index contributed by atoms with van der Waals surface area (Å²) in [6.45, 7) is 3.16. The predicted molar refractivity (Wildman–Crippen MR) is 102 cm³/mol. The zero-order chi connectivity index (χ0) is 18.9. The van der Waals surface area contributed by atoms with Crippen LogP contribution in [-0.2, 0) is 15.1 Å². The number of carbonyl (C=O) groups excluding carboxylic acids is 3. The molecule has 1 aliphatic rings. The Kier molecular flexibility index (Phi) is 4.82. The molecule has 1 heterocycles. The van der Waals surface area contributed by atoms with Crippen LogP contribution in [0.3, 0.4) is 0 Å². The Morgan fingerprint density at radius 1 is 1.19 bits per heavy atom. The zero-order valence-electron chi connectivity index (χ0n) is 14.4. The van der Waals surface area contributed by atoms with Crippen LogP contribution in [0.15, 0.2) is 53.0 Å². The summed E-state index contributed by atoms with van der Waals surface area (Å²) in [5, 5.41) is 5.42. The van der Waals surface area contributed by atoms with Crippen molar-refractivity contribution in [2.24, 2.45) is 0 Å². The first-order valence-electron chi connectivity index (χ1n) is 8.07. The lowest BCUT2D eigenvalue weighted by molar-refractivity contribution is -0.133. The summed E-state index contributed by atoms with van der Waals surface area (Å²) in [7, 11) is 0. The second-order valence-corrected chi connectivity index (χ2v) is 7.24. The number of amides is 4. The van der Waals surface area contributed by atoms with Gasteiger partial charge < -0.3 is 10.6 Å². The average molecular weight is 416 g/mol. The van der Waals surface area contributed by atoms with Gasteiger partial charge in [0.1, 0.15) is 12.1 Å². The van der Waals surface area contributed by atoms with Gasteiger partial charge in [-0.05, 0) is 43.2 Å². The van der Waals surface area contributed by atoms with Crippen molar-refractivity contribution in [3.05, 3.63) is 64.1 Å².